The molecule has 0 saturated heterocycles. The van der Waals surface area contributed by atoms with E-state index in [0.29, 0.717) is 5.92 Å². The van der Waals surface area contributed by atoms with Gasteiger partial charge in [0.2, 0.25) is 0 Å². The van der Waals surface area contributed by atoms with Gasteiger partial charge in [0.25, 0.3) is 0 Å². The number of hydrogen-bond acceptors (Lipinski definition) is 4. The smallest absolute Gasteiger partial charge is 0.165 e. The zero-order valence-corrected chi connectivity index (χ0v) is 23.0. The van der Waals surface area contributed by atoms with Gasteiger partial charge >= 0.3 is 0 Å². The van der Waals surface area contributed by atoms with Crippen LogP contribution in [0.1, 0.15) is 81.0 Å². The van der Waals surface area contributed by atoms with Crippen molar-refractivity contribution < 1.29 is 4.74 Å². The number of fused-ring (bicyclic) bond motifs is 6. The van der Waals surface area contributed by atoms with E-state index in [2.05, 4.69) is 91.6 Å². The Morgan fingerprint density at radius 2 is 1.85 bits per heavy atom. The van der Waals surface area contributed by atoms with Gasteiger partial charge in [-0.15, -0.1) is 11.3 Å². The molecule has 3 aromatic rings. The number of aromatic nitrogens is 1. The molecule has 2 aromatic carbocycles. The van der Waals surface area contributed by atoms with Crippen molar-refractivity contribution in [3.05, 3.63) is 58.1 Å². The summed E-state index contributed by atoms with van der Waals surface area (Å²) in [6.07, 6.45) is 6.31. The van der Waals surface area contributed by atoms with Crippen molar-refractivity contribution in [1.29, 1.82) is 0 Å². The lowest BCUT2D eigenvalue weighted by Gasteiger charge is -2.55. The molecule has 3 aliphatic rings. The number of nitrogens with zero attached hydrogens (tertiary/aromatic N) is 2. The monoisotopic (exact) mass is 572 g/mol. The highest BCUT2D eigenvalue weighted by atomic mass is 127. The summed E-state index contributed by atoms with van der Waals surface area (Å²) in [5, 5.41) is 1.34. The van der Waals surface area contributed by atoms with E-state index in [1.54, 1.807) is 0 Å². The lowest BCUT2D eigenvalue weighted by Crippen LogP contribution is -2.57. The maximum Gasteiger partial charge on any atom is 0.165 e. The lowest BCUT2D eigenvalue weighted by molar-refractivity contribution is -0.155. The van der Waals surface area contributed by atoms with Crippen molar-refractivity contribution in [1.82, 2.24) is 4.98 Å². The summed E-state index contributed by atoms with van der Waals surface area (Å²) in [5.74, 6) is 1.50. The van der Waals surface area contributed by atoms with Gasteiger partial charge in [0.15, 0.2) is 5.72 Å². The molecule has 2 aliphatic heterocycles. The summed E-state index contributed by atoms with van der Waals surface area (Å²) >= 11 is 4.54. The molecular formula is C28H33IN2OS. The first-order valence-electron chi connectivity index (χ1n) is 12.4. The molecule has 1 fully saturated rings. The van der Waals surface area contributed by atoms with Crippen LogP contribution < -0.4 is 4.90 Å². The number of rotatable bonds is 2. The summed E-state index contributed by atoms with van der Waals surface area (Å²) in [6.45, 7) is 10.0. The Morgan fingerprint density at radius 3 is 2.61 bits per heavy atom. The van der Waals surface area contributed by atoms with Gasteiger partial charge in [-0.1, -0.05) is 53.8 Å². The highest BCUT2D eigenvalue weighted by molar-refractivity contribution is 14.1. The quantitative estimate of drug-likeness (QED) is 0.231. The van der Waals surface area contributed by atoms with Crippen LogP contribution in [0.25, 0.3) is 10.2 Å². The number of anilines is 1. The van der Waals surface area contributed by atoms with Crippen LogP contribution in [0.3, 0.4) is 0 Å². The fourth-order valence-electron chi connectivity index (χ4n) is 6.48. The summed E-state index contributed by atoms with van der Waals surface area (Å²) < 4.78 is 9.03. The highest BCUT2D eigenvalue weighted by Gasteiger charge is 2.49. The van der Waals surface area contributed by atoms with Crippen LogP contribution >= 0.6 is 33.9 Å². The molecule has 3 nitrogen and oxygen atoms in total. The average Bonchev–Trinajstić information content (AvgIpc) is 3.21. The molecule has 2 atom stereocenters. The lowest BCUT2D eigenvalue weighted by atomic mass is 9.81. The van der Waals surface area contributed by atoms with Crippen molar-refractivity contribution in [3.63, 3.8) is 0 Å². The third-order valence-corrected chi connectivity index (χ3v) is 10.5. The van der Waals surface area contributed by atoms with Gasteiger partial charge in [0, 0.05) is 33.2 Å². The maximum atomic E-state index is 6.93. The predicted octanol–water partition coefficient (Wildman–Crippen LogP) is 7.89. The normalized spacial score (nSPS) is 29.3. The van der Waals surface area contributed by atoms with E-state index in [-0.39, 0.29) is 5.60 Å². The molecule has 1 saturated carbocycles. The minimum atomic E-state index is -0.443. The topological polar surface area (TPSA) is 25.4 Å². The van der Waals surface area contributed by atoms with E-state index in [9.17, 15) is 0 Å². The molecule has 0 bridgehead atoms. The Bertz CT molecular complexity index is 1210. The van der Waals surface area contributed by atoms with E-state index in [4.69, 9.17) is 9.72 Å². The molecule has 33 heavy (non-hydrogen) atoms. The van der Waals surface area contributed by atoms with Gasteiger partial charge in [-0.05, 0) is 76.5 Å². The van der Waals surface area contributed by atoms with Crippen LogP contribution in [-0.4, -0.2) is 15.5 Å². The highest BCUT2D eigenvalue weighted by Crippen LogP contribution is 2.53. The third-order valence-electron chi connectivity index (χ3n) is 8.32. The van der Waals surface area contributed by atoms with Crippen molar-refractivity contribution >= 4 is 49.8 Å². The Morgan fingerprint density at radius 1 is 1.09 bits per heavy atom. The van der Waals surface area contributed by atoms with Gasteiger partial charge in [-0.2, -0.15) is 0 Å². The third kappa shape index (κ3) is 3.56. The second-order valence-electron chi connectivity index (χ2n) is 10.8. The first-order chi connectivity index (χ1) is 15.8. The Balaban J connectivity index is 1.40. The van der Waals surface area contributed by atoms with Crippen molar-refractivity contribution in [3.8, 4) is 0 Å². The fraction of sp³-hybridized carbons (Fsp3) is 0.536. The predicted molar refractivity (Wildman–Crippen MR) is 147 cm³/mol. The molecule has 0 radical (unpaired) electrons. The number of halogens is 1. The molecule has 1 aromatic heterocycles. The van der Waals surface area contributed by atoms with E-state index in [0.717, 1.165) is 28.3 Å². The summed E-state index contributed by atoms with van der Waals surface area (Å²) in [5.41, 5.74) is 5.64. The maximum absolute atomic E-state index is 6.93. The minimum absolute atomic E-state index is 0.377. The molecule has 0 spiro atoms. The summed E-state index contributed by atoms with van der Waals surface area (Å²) in [4.78, 5) is 7.68. The molecule has 174 valence electrons. The first-order valence-corrected chi connectivity index (χ1v) is 14.5. The van der Waals surface area contributed by atoms with E-state index in [1.807, 2.05) is 11.3 Å². The molecular weight excluding hydrogens is 539 g/mol. The van der Waals surface area contributed by atoms with Crippen molar-refractivity contribution in [2.45, 2.75) is 81.0 Å². The van der Waals surface area contributed by atoms with Crippen LogP contribution in [-0.2, 0) is 22.5 Å². The van der Waals surface area contributed by atoms with Crippen LogP contribution in [0.4, 0.5) is 5.69 Å². The number of benzene rings is 2. The largest absolute Gasteiger partial charge is 0.341 e. The van der Waals surface area contributed by atoms with Gasteiger partial charge in [-0.3, -0.25) is 0 Å². The van der Waals surface area contributed by atoms with Crippen molar-refractivity contribution in [2.75, 3.05) is 11.4 Å². The van der Waals surface area contributed by atoms with Crippen LogP contribution in [0.5, 0.6) is 0 Å². The van der Waals surface area contributed by atoms with E-state index in [1.165, 1.54) is 57.8 Å². The van der Waals surface area contributed by atoms with Gasteiger partial charge in [-0.25, -0.2) is 4.98 Å². The molecule has 6 rings (SSSR count). The molecule has 0 amide bonds. The Labute approximate surface area is 215 Å². The molecule has 1 aliphatic carbocycles. The summed E-state index contributed by atoms with van der Waals surface area (Å²) in [7, 11) is 0. The first kappa shape index (κ1) is 22.3. The van der Waals surface area contributed by atoms with E-state index >= 15 is 0 Å². The van der Waals surface area contributed by atoms with Crippen LogP contribution in [0.15, 0.2) is 36.4 Å². The fourth-order valence-corrected chi connectivity index (χ4v) is 8.35. The minimum Gasteiger partial charge on any atom is -0.341 e. The summed E-state index contributed by atoms with van der Waals surface area (Å²) in [6, 6.07) is 13.5. The molecule has 3 heterocycles. The van der Waals surface area contributed by atoms with Gasteiger partial charge in [0.1, 0.15) is 0 Å². The van der Waals surface area contributed by atoms with Gasteiger partial charge < -0.3 is 9.64 Å². The average molecular weight is 573 g/mol. The Hall–Kier alpha value is -1.18. The Kier molecular flexibility index (Phi) is 5.35. The molecule has 5 heteroatoms. The van der Waals surface area contributed by atoms with Crippen LogP contribution in [0, 0.1) is 5.92 Å². The SMILES string of the molecule is CC(I)[C@H]1CC[C@H](c2nc3cc4c(cc3s2)N2CCc3ccccc3C2(C)OC4(C)C)CC1. The number of alkyl halides is 1. The van der Waals surface area contributed by atoms with Crippen LogP contribution in [0.2, 0.25) is 0 Å². The number of hydrogen-bond donors (Lipinski definition) is 0. The second kappa shape index (κ2) is 7.92. The number of ether oxygens (including phenoxy) is 1. The zero-order valence-electron chi connectivity index (χ0n) is 20.0. The zero-order chi connectivity index (χ0) is 23.0. The van der Waals surface area contributed by atoms with E-state index < -0.39 is 5.72 Å². The number of thiazole rings is 1. The standard InChI is InChI=1S/C28H33IN2OS/c1-17(29)18-9-11-20(12-10-18)26-30-23-15-22-24(16-25(23)33-26)31-14-13-19-7-5-6-8-21(19)28(31,4)32-27(22,2)3/h5-8,15-18,20H,9-14H2,1-4H3/t17?,18-,20-,28?. The molecule has 0 N–H and O–H groups in total. The molecule has 2 unspecified atom stereocenters. The van der Waals surface area contributed by atoms with Crippen molar-refractivity contribution in [2.24, 2.45) is 5.92 Å². The second-order valence-corrected chi connectivity index (χ2v) is 13.9. The van der Waals surface area contributed by atoms with Gasteiger partial charge in [0.05, 0.1) is 20.8 Å².